The van der Waals surface area contributed by atoms with Crippen molar-refractivity contribution in [3.05, 3.63) is 88.7 Å². The van der Waals surface area contributed by atoms with Crippen molar-refractivity contribution in [1.29, 1.82) is 0 Å². The summed E-state index contributed by atoms with van der Waals surface area (Å²) in [5.74, 6) is -0.308. The number of hydrogen-bond donors (Lipinski definition) is 1. The van der Waals surface area contributed by atoms with E-state index in [1.54, 1.807) is 6.21 Å². The van der Waals surface area contributed by atoms with E-state index >= 15 is 0 Å². The van der Waals surface area contributed by atoms with Crippen LogP contribution in [-0.4, -0.2) is 23.8 Å². The van der Waals surface area contributed by atoms with Crippen LogP contribution in [0.2, 0.25) is 0 Å². The van der Waals surface area contributed by atoms with Crippen molar-refractivity contribution in [2.24, 2.45) is 5.10 Å². The van der Waals surface area contributed by atoms with Gasteiger partial charge in [-0.05, 0) is 44.5 Å². The van der Waals surface area contributed by atoms with E-state index in [1.165, 1.54) is 12.7 Å². The molecule has 0 saturated heterocycles. The predicted octanol–water partition coefficient (Wildman–Crippen LogP) is 4.24. The highest BCUT2D eigenvalue weighted by Crippen LogP contribution is 2.20. The fourth-order valence-corrected chi connectivity index (χ4v) is 3.26. The Balaban J connectivity index is 1.75. The van der Waals surface area contributed by atoms with Gasteiger partial charge in [-0.3, -0.25) is 4.79 Å². The molecule has 3 aromatic rings. The summed E-state index contributed by atoms with van der Waals surface area (Å²) >= 11 is 0. The molecule has 2 aromatic carbocycles. The first kappa shape index (κ1) is 19.6. The van der Waals surface area contributed by atoms with Crippen LogP contribution in [0.15, 0.2) is 65.8 Å². The van der Waals surface area contributed by atoms with Crippen LogP contribution in [0.3, 0.4) is 0 Å². The van der Waals surface area contributed by atoms with E-state index in [1.807, 2.05) is 37.3 Å². The number of benzene rings is 2. The third-order valence-corrected chi connectivity index (χ3v) is 4.72. The van der Waals surface area contributed by atoms with Crippen molar-refractivity contribution >= 4 is 12.1 Å². The number of aryl methyl sites for hydroxylation is 2. The highest BCUT2D eigenvalue weighted by Gasteiger charge is 2.19. The van der Waals surface area contributed by atoms with Crippen molar-refractivity contribution in [1.82, 2.24) is 9.99 Å². The van der Waals surface area contributed by atoms with Gasteiger partial charge in [0.15, 0.2) is 6.10 Å². The average molecular weight is 375 g/mol. The topological polar surface area (TPSA) is 55.6 Å². The molecule has 1 heterocycles. The Kier molecular flexibility index (Phi) is 6.06. The van der Waals surface area contributed by atoms with Crippen LogP contribution in [0, 0.1) is 20.8 Å². The third kappa shape index (κ3) is 4.21. The SMILES string of the molecule is CO[C@@H](C(=O)N/N=C\c1cc(C)n(-c2ccc(C)cc2)c1C)c1ccccc1. The molecule has 5 heteroatoms. The molecule has 0 spiro atoms. The molecule has 0 unspecified atom stereocenters. The zero-order chi connectivity index (χ0) is 20.1. The first-order valence-corrected chi connectivity index (χ1v) is 9.18. The maximum atomic E-state index is 12.4. The van der Waals surface area contributed by atoms with Crippen molar-refractivity contribution in [2.75, 3.05) is 7.11 Å². The zero-order valence-corrected chi connectivity index (χ0v) is 16.6. The van der Waals surface area contributed by atoms with E-state index < -0.39 is 6.10 Å². The number of nitrogens with zero attached hydrogens (tertiary/aromatic N) is 2. The van der Waals surface area contributed by atoms with Gasteiger partial charge in [-0.1, -0.05) is 48.0 Å². The minimum absolute atomic E-state index is 0.308. The van der Waals surface area contributed by atoms with Gasteiger partial charge in [-0.25, -0.2) is 5.43 Å². The summed E-state index contributed by atoms with van der Waals surface area (Å²) in [5.41, 5.74) is 8.81. The van der Waals surface area contributed by atoms with Crippen LogP contribution < -0.4 is 5.43 Å². The predicted molar refractivity (Wildman–Crippen MR) is 112 cm³/mol. The van der Waals surface area contributed by atoms with Crippen LogP contribution in [0.1, 0.15) is 34.2 Å². The second kappa shape index (κ2) is 8.67. The van der Waals surface area contributed by atoms with Crippen molar-refractivity contribution in [3.8, 4) is 5.69 Å². The first-order valence-electron chi connectivity index (χ1n) is 9.18. The number of hydrogen-bond acceptors (Lipinski definition) is 3. The number of amides is 1. The second-order valence-electron chi connectivity index (χ2n) is 6.76. The maximum Gasteiger partial charge on any atom is 0.273 e. The number of carbonyl (C=O) groups excluding carboxylic acids is 1. The smallest absolute Gasteiger partial charge is 0.273 e. The highest BCUT2D eigenvalue weighted by molar-refractivity contribution is 5.86. The number of nitrogens with one attached hydrogen (secondary N) is 1. The molecular weight excluding hydrogens is 350 g/mol. The Labute approximate surface area is 165 Å². The molecule has 1 amide bonds. The third-order valence-electron chi connectivity index (χ3n) is 4.72. The number of methoxy groups -OCH3 is 1. The van der Waals surface area contributed by atoms with E-state index in [9.17, 15) is 4.79 Å². The van der Waals surface area contributed by atoms with Gasteiger partial charge in [-0.2, -0.15) is 5.10 Å². The summed E-state index contributed by atoms with van der Waals surface area (Å²) in [7, 11) is 1.51. The van der Waals surface area contributed by atoms with Crippen molar-refractivity contribution in [3.63, 3.8) is 0 Å². The Morgan fingerprint density at radius 2 is 1.75 bits per heavy atom. The maximum absolute atomic E-state index is 12.4. The van der Waals surface area contributed by atoms with Crippen molar-refractivity contribution in [2.45, 2.75) is 26.9 Å². The molecule has 1 atom stereocenters. The molecule has 1 N–H and O–H groups in total. The summed E-state index contributed by atoms with van der Waals surface area (Å²) in [5, 5.41) is 4.14. The monoisotopic (exact) mass is 375 g/mol. The Morgan fingerprint density at radius 1 is 1.07 bits per heavy atom. The molecule has 0 aliphatic heterocycles. The van der Waals surface area contributed by atoms with Gasteiger partial charge >= 0.3 is 0 Å². The van der Waals surface area contributed by atoms with E-state index in [0.29, 0.717) is 0 Å². The molecule has 0 aliphatic rings. The number of ether oxygens (including phenoxy) is 1. The summed E-state index contributed by atoms with van der Waals surface area (Å²) in [6.07, 6.45) is 0.973. The van der Waals surface area contributed by atoms with Gasteiger partial charge in [0.1, 0.15) is 0 Å². The molecule has 144 valence electrons. The molecule has 0 aliphatic carbocycles. The molecule has 28 heavy (non-hydrogen) atoms. The van der Waals surface area contributed by atoms with Crippen LogP contribution in [0.5, 0.6) is 0 Å². The standard InChI is InChI=1S/C23H25N3O2/c1-16-10-12-21(13-11-16)26-17(2)14-20(18(26)3)15-24-25-23(27)22(28-4)19-8-6-5-7-9-19/h5-15,22H,1-4H3,(H,25,27)/b24-15-/t22-/m1/s1. The quantitative estimate of drug-likeness (QED) is 0.517. The number of carbonyl (C=O) groups is 1. The van der Waals surface area contributed by atoms with Crippen LogP contribution in [0.4, 0.5) is 0 Å². The van der Waals surface area contributed by atoms with E-state index in [4.69, 9.17) is 4.74 Å². The van der Waals surface area contributed by atoms with Crippen LogP contribution >= 0.6 is 0 Å². The summed E-state index contributed by atoms with van der Waals surface area (Å²) in [6, 6.07) is 19.8. The van der Waals surface area contributed by atoms with E-state index in [2.05, 4.69) is 59.3 Å². The van der Waals surface area contributed by atoms with E-state index in [0.717, 1.165) is 28.2 Å². The molecule has 0 bridgehead atoms. The van der Waals surface area contributed by atoms with Gasteiger partial charge in [-0.15, -0.1) is 0 Å². The second-order valence-corrected chi connectivity index (χ2v) is 6.76. The molecule has 1 aromatic heterocycles. The highest BCUT2D eigenvalue weighted by atomic mass is 16.5. The zero-order valence-electron chi connectivity index (χ0n) is 16.6. The minimum Gasteiger partial charge on any atom is -0.367 e. The van der Waals surface area contributed by atoms with Gasteiger partial charge in [0.05, 0.1) is 6.21 Å². The number of aromatic nitrogens is 1. The lowest BCUT2D eigenvalue weighted by Gasteiger charge is -2.13. The fourth-order valence-electron chi connectivity index (χ4n) is 3.26. The molecule has 5 nitrogen and oxygen atoms in total. The summed E-state index contributed by atoms with van der Waals surface area (Å²) in [4.78, 5) is 12.4. The minimum atomic E-state index is -0.696. The molecule has 0 fully saturated rings. The normalized spacial score (nSPS) is 12.3. The Bertz CT molecular complexity index is 973. The van der Waals surface area contributed by atoms with Gasteiger partial charge in [0, 0.05) is 29.7 Å². The molecule has 0 radical (unpaired) electrons. The summed E-state index contributed by atoms with van der Waals surface area (Å²) < 4.78 is 7.50. The lowest BCUT2D eigenvalue weighted by Crippen LogP contribution is -2.26. The molecular formula is C23H25N3O2. The number of rotatable bonds is 6. The molecule has 3 rings (SSSR count). The van der Waals surface area contributed by atoms with Gasteiger partial charge in [0.2, 0.25) is 0 Å². The average Bonchev–Trinajstić information content (AvgIpc) is 2.97. The largest absolute Gasteiger partial charge is 0.367 e. The van der Waals surface area contributed by atoms with Gasteiger partial charge < -0.3 is 9.30 Å². The first-order chi connectivity index (χ1) is 13.5. The lowest BCUT2D eigenvalue weighted by atomic mass is 10.1. The van der Waals surface area contributed by atoms with Crippen molar-refractivity contribution < 1.29 is 9.53 Å². The molecule has 0 saturated carbocycles. The fraction of sp³-hybridized carbons (Fsp3) is 0.217. The van der Waals surface area contributed by atoms with Crippen LogP contribution in [0.25, 0.3) is 5.69 Å². The Hall–Kier alpha value is -3.18. The lowest BCUT2D eigenvalue weighted by molar-refractivity contribution is -0.131. The Morgan fingerprint density at radius 3 is 2.39 bits per heavy atom. The van der Waals surface area contributed by atoms with E-state index in [-0.39, 0.29) is 5.91 Å². The van der Waals surface area contributed by atoms with Crippen LogP contribution in [-0.2, 0) is 9.53 Å². The summed E-state index contributed by atoms with van der Waals surface area (Å²) in [6.45, 7) is 6.17. The van der Waals surface area contributed by atoms with Gasteiger partial charge in [0.25, 0.3) is 5.91 Å². The number of hydrazone groups is 1.